The highest BCUT2D eigenvalue weighted by Crippen LogP contribution is 2.27. The van der Waals surface area contributed by atoms with Gasteiger partial charge in [0, 0.05) is 11.2 Å². The van der Waals surface area contributed by atoms with Crippen molar-refractivity contribution < 1.29 is 18.0 Å². The highest BCUT2D eigenvalue weighted by Gasteiger charge is 2.33. The number of aromatic nitrogens is 2. The number of rotatable bonds is 5. The van der Waals surface area contributed by atoms with Crippen molar-refractivity contribution in [1.29, 1.82) is 0 Å². The molecule has 0 aliphatic heterocycles. The zero-order valence-corrected chi connectivity index (χ0v) is 13.0. The number of alkyl halides is 3. The third kappa shape index (κ3) is 4.72. The Morgan fingerprint density at radius 3 is 2.70 bits per heavy atom. The van der Waals surface area contributed by atoms with Crippen molar-refractivity contribution in [2.75, 3.05) is 0 Å². The van der Waals surface area contributed by atoms with E-state index in [1.165, 1.54) is 0 Å². The molecule has 124 valence electrons. The summed E-state index contributed by atoms with van der Waals surface area (Å²) in [5.74, 6) is -0.423. The van der Waals surface area contributed by atoms with E-state index in [-0.39, 0.29) is 12.6 Å². The number of carbonyl (C=O) groups is 1. The lowest BCUT2D eigenvalue weighted by atomic mass is 10.0. The summed E-state index contributed by atoms with van der Waals surface area (Å²) < 4.78 is 38.4. The minimum Gasteiger partial charge on any atom is -0.348 e. The minimum absolute atomic E-state index is 0.265. The van der Waals surface area contributed by atoms with Gasteiger partial charge in [-0.15, -0.1) is 0 Å². The molecule has 1 heterocycles. The van der Waals surface area contributed by atoms with Gasteiger partial charge in [0.1, 0.15) is 6.54 Å². The first-order valence-corrected chi connectivity index (χ1v) is 7.33. The third-order valence-corrected chi connectivity index (χ3v) is 3.47. The SMILES string of the molecule is CC[C@H](NC(=O)Cn1ccc(C(F)(F)F)n1)c1cccc(Cl)c1. The summed E-state index contributed by atoms with van der Waals surface area (Å²) in [7, 11) is 0. The summed E-state index contributed by atoms with van der Waals surface area (Å²) in [5.41, 5.74) is -0.183. The Labute approximate surface area is 136 Å². The molecule has 8 heteroatoms. The molecule has 0 unspecified atom stereocenters. The maximum Gasteiger partial charge on any atom is 0.435 e. The Bertz CT molecular complexity index is 685. The molecule has 1 N–H and O–H groups in total. The van der Waals surface area contributed by atoms with Crippen molar-refractivity contribution in [3.05, 3.63) is 52.8 Å². The number of nitrogens with one attached hydrogen (secondary N) is 1. The normalized spacial score (nSPS) is 12.9. The van der Waals surface area contributed by atoms with E-state index in [1.54, 1.807) is 18.2 Å². The summed E-state index contributed by atoms with van der Waals surface area (Å²) in [5, 5.41) is 6.67. The average molecular weight is 346 g/mol. The Morgan fingerprint density at radius 2 is 2.13 bits per heavy atom. The first-order valence-electron chi connectivity index (χ1n) is 6.95. The van der Waals surface area contributed by atoms with Gasteiger partial charge in [-0.3, -0.25) is 9.48 Å². The summed E-state index contributed by atoms with van der Waals surface area (Å²) in [4.78, 5) is 12.0. The lowest BCUT2D eigenvalue weighted by Crippen LogP contribution is -2.31. The van der Waals surface area contributed by atoms with Gasteiger partial charge in [0.2, 0.25) is 5.91 Å². The van der Waals surface area contributed by atoms with Crippen LogP contribution in [0.4, 0.5) is 13.2 Å². The first kappa shape index (κ1) is 17.3. The Hall–Kier alpha value is -2.02. The van der Waals surface area contributed by atoms with Crippen LogP contribution in [0.3, 0.4) is 0 Å². The number of hydrogen-bond donors (Lipinski definition) is 1. The summed E-state index contributed by atoms with van der Waals surface area (Å²) >= 11 is 5.92. The predicted molar refractivity (Wildman–Crippen MR) is 79.9 cm³/mol. The van der Waals surface area contributed by atoms with Gasteiger partial charge in [-0.05, 0) is 30.2 Å². The minimum atomic E-state index is -4.52. The van der Waals surface area contributed by atoms with Crippen molar-refractivity contribution in [3.8, 4) is 0 Å². The van der Waals surface area contributed by atoms with Crippen molar-refractivity contribution in [2.24, 2.45) is 0 Å². The lowest BCUT2D eigenvalue weighted by Gasteiger charge is -2.17. The molecule has 0 aliphatic rings. The number of amides is 1. The van der Waals surface area contributed by atoms with Gasteiger partial charge in [-0.25, -0.2) is 0 Å². The van der Waals surface area contributed by atoms with E-state index in [9.17, 15) is 18.0 Å². The fraction of sp³-hybridized carbons (Fsp3) is 0.333. The van der Waals surface area contributed by atoms with E-state index in [0.717, 1.165) is 22.5 Å². The number of halogens is 4. The molecule has 23 heavy (non-hydrogen) atoms. The zero-order valence-electron chi connectivity index (χ0n) is 12.3. The largest absolute Gasteiger partial charge is 0.435 e. The van der Waals surface area contributed by atoms with E-state index < -0.39 is 17.8 Å². The van der Waals surface area contributed by atoms with E-state index in [4.69, 9.17) is 11.6 Å². The van der Waals surface area contributed by atoms with Crippen LogP contribution in [0.2, 0.25) is 5.02 Å². The van der Waals surface area contributed by atoms with Crippen molar-refractivity contribution in [3.63, 3.8) is 0 Å². The number of carbonyl (C=O) groups excluding carboxylic acids is 1. The highest BCUT2D eigenvalue weighted by molar-refractivity contribution is 6.30. The molecule has 1 atom stereocenters. The van der Waals surface area contributed by atoms with Crippen LogP contribution >= 0.6 is 11.6 Å². The lowest BCUT2D eigenvalue weighted by molar-refractivity contribution is -0.141. The van der Waals surface area contributed by atoms with Crippen molar-refractivity contribution >= 4 is 17.5 Å². The number of benzene rings is 1. The molecule has 2 aromatic rings. The maximum atomic E-state index is 12.5. The fourth-order valence-electron chi connectivity index (χ4n) is 2.13. The molecule has 0 spiro atoms. The van der Waals surface area contributed by atoms with Crippen LogP contribution in [0, 0.1) is 0 Å². The monoisotopic (exact) mass is 345 g/mol. The molecule has 0 aliphatic carbocycles. The summed E-state index contributed by atoms with van der Waals surface area (Å²) in [6.07, 6.45) is -2.77. The highest BCUT2D eigenvalue weighted by atomic mass is 35.5. The predicted octanol–water partition coefficient (Wildman–Crippen LogP) is 3.82. The second-order valence-electron chi connectivity index (χ2n) is 4.98. The molecule has 0 saturated carbocycles. The molecule has 0 saturated heterocycles. The second kappa shape index (κ2) is 7.04. The molecule has 1 amide bonds. The molecule has 1 aromatic heterocycles. The van der Waals surface area contributed by atoms with Crippen LogP contribution < -0.4 is 5.32 Å². The van der Waals surface area contributed by atoms with Gasteiger partial charge >= 0.3 is 6.18 Å². The second-order valence-corrected chi connectivity index (χ2v) is 5.42. The molecule has 2 rings (SSSR count). The van der Waals surface area contributed by atoms with Crippen molar-refractivity contribution in [2.45, 2.75) is 32.1 Å². The molecular weight excluding hydrogens is 331 g/mol. The van der Waals surface area contributed by atoms with Crippen LogP contribution in [0.25, 0.3) is 0 Å². The van der Waals surface area contributed by atoms with Crippen molar-refractivity contribution in [1.82, 2.24) is 15.1 Å². The topological polar surface area (TPSA) is 46.9 Å². The average Bonchev–Trinajstić information content (AvgIpc) is 2.93. The summed E-state index contributed by atoms with van der Waals surface area (Å²) in [6, 6.07) is 7.64. The van der Waals surface area contributed by atoms with Crippen LogP contribution in [-0.4, -0.2) is 15.7 Å². The molecular formula is C15H15ClF3N3O. The standard InChI is InChI=1S/C15H15ClF3N3O/c1-2-12(10-4-3-5-11(16)8-10)20-14(23)9-22-7-6-13(21-22)15(17,18)19/h3-8,12H,2,9H2,1H3,(H,20,23)/t12-/m0/s1. The van der Waals surface area contributed by atoms with Crippen LogP contribution in [0.1, 0.15) is 30.6 Å². The quantitative estimate of drug-likeness (QED) is 0.895. The van der Waals surface area contributed by atoms with E-state index in [2.05, 4.69) is 10.4 Å². The van der Waals surface area contributed by atoms with Gasteiger partial charge in [0.05, 0.1) is 6.04 Å². The molecule has 0 fully saturated rings. The van der Waals surface area contributed by atoms with Gasteiger partial charge in [0.25, 0.3) is 0 Å². The molecule has 1 aromatic carbocycles. The first-order chi connectivity index (χ1) is 10.8. The molecule has 4 nitrogen and oxygen atoms in total. The van der Waals surface area contributed by atoms with Gasteiger partial charge < -0.3 is 5.32 Å². The van der Waals surface area contributed by atoms with Crippen LogP contribution in [0.5, 0.6) is 0 Å². The molecule has 0 radical (unpaired) electrons. The molecule has 0 bridgehead atoms. The maximum absolute atomic E-state index is 12.5. The number of nitrogens with zero attached hydrogens (tertiary/aromatic N) is 2. The van der Waals surface area contributed by atoms with Gasteiger partial charge in [-0.2, -0.15) is 18.3 Å². The Kier molecular flexibility index (Phi) is 5.30. The summed E-state index contributed by atoms with van der Waals surface area (Å²) in [6.45, 7) is 1.61. The van der Waals surface area contributed by atoms with E-state index in [0.29, 0.717) is 11.4 Å². The number of hydrogen-bond acceptors (Lipinski definition) is 2. The zero-order chi connectivity index (χ0) is 17.0. The Morgan fingerprint density at radius 1 is 1.39 bits per heavy atom. The Balaban J connectivity index is 2.02. The fourth-order valence-corrected chi connectivity index (χ4v) is 2.33. The van der Waals surface area contributed by atoms with E-state index in [1.807, 2.05) is 13.0 Å². The van der Waals surface area contributed by atoms with Crippen LogP contribution in [-0.2, 0) is 17.5 Å². The third-order valence-electron chi connectivity index (χ3n) is 3.23. The van der Waals surface area contributed by atoms with E-state index >= 15 is 0 Å². The van der Waals surface area contributed by atoms with Gasteiger partial charge in [0.15, 0.2) is 5.69 Å². The smallest absolute Gasteiger partial charge is 0.348 e. The van der Waals surface area contributed by atoms with Crippen LogP contribution in [0.15, 0.2) is 36.5 Å². The van der Waals surface area contributed by atoms with Gasteiger partial charge in [-0.1, -0.05) is 30.7 Å².